The normalized spacial score (nSPS) is 10.7. The number of hydrogen-bond donors (Lipinski definition) is 1. The van der Waals surface area contributed by atoms with Crippen molar-refractivity contribution < 1.29 is 19.0 Å². The maximum absolute atomic E-state index is 12.2. The molecule has 26 heavy (non-hydrogen) atoms. The maximum Gasteiger partial charge on any atom is 0.248 e. The molecule has 0 aliphatic rings. The van der Waals surface area contributed by atoms with E-state index in [0.29, 0.717) is 45.2 Å². The molecule has 2 aromatic rings. The zero-order chi connectivity index (χ0) is 19.1. The van der Waals surface area contributed by atoms with Crippen LogP contribution in [0.4, 0.5) is 5.69 Å². The Balaban J connectivity index is 2.19. The first-order chi connectivity index (χ1) is 12.5. The van der Waals surface area contributed by atoms with Gasteiger partial charge in [0.05, 0.1) is 31.5 Å². The minimum Gasteiger partial charge on any atom is -0.495 e. The Morgan fingerprint density at radius 1 is 1.12 bits per heavy atom. The fourth-order valence-electron chi connectivity index (χ4n) is 2.27. The van der Waals surface area contributed by atoms with Gasteiger partial charge in [-0.25, -0.2) is 0 Å². The molecule has 0 bridgehead atoms. The fraction of sp³-hybridized carbons (Fsp3) is 0.211. The minimum absolute atomic E-state index is 0.338. The van der Waals surface area contributed by atoms with E-state index in [9.17, 15) is 4.79 Å². The Morgan fingerprint density at radius 3 is 2.54 bits per heavy atom. The first-order valence-electron chi connectivity index (χ1n) is 7.81. The standard InChI is InChI=1S/C19H19Cl2NO4/c1-4-26-17-10-12(9-14(21)19(17)25-3)5-8-18(23)22-15-11-13(20)6-7-16(15)24-2/h5-11H,4H2,1-3H3,(H,22,23)/b8-5+. The molecule has 0 aromatic heterocycles. The van der Waals surface area contributed by atoms with Crippen LogP contribution in [0, 0.1) is 0 Å². The van der Waals surface area contributed by atoms with E-state index >= 15 is 0 Å². The number of anilines is 1. The summed E-state index contributed by atoms with van der Waals surface area (Å²) in [5.41, 5.74) is 1.19. The maximum atomic E-state index is 12.2. The summed E-state index contributed by atoms with van der Waals surface area (Å²) >= 11 is 12.2. The average Bonchev–Trinajstić information content (AvgIpc) is 2.60. The number of methoxy groups -OCH3 is 2. The van der Waals surface area contributed by atoms with Crippen molar-refractivity contribution in [3.63, 3.8) is 0 Å². The van der Waals surface area contributed by atoms with E-state index in [0.717, 1.165) is 0 Å². The Kier molecular flexibility index (Phi) is 7.18. The molecule has 0 spiro atoms. The van der Waals surface area contributed by atoms with Crippen LogP contribution in [0.5, 0.6) is 17.2 Å². The molecule has 138 valence electrons. The van der Waals surface area contributed by atoms with Gasteiger partial charge in [0.2, 0.25) is 5.91 Å². The van der Waals surface area contributed by atoms with Crippen LogP contribution in [0.1, 0.15) is 12.5 Å². The molecule has 1 amide bonds. The van der Waals surface area contributed by atoms with Crippen molar-refractivity contribution in [3.05, 3.63) is 52.0 Å². The van der Waals surface area contributed by atoms with Crippen molar-refractivity contribution in [2.24, 2.45) is 0 Å². The molecule has 1 N–H and O–H groups in total. The predicted octanol–water partition coefficient (Wildman–Crippen LogP) is 5.06. The lowest BCUT2D eigenvalue weighted by Crippen LogP contribution is -2.08. The van der Waals surface area contributed by atoms with E-state index in [2.05, 4.69) is 5.32 Å². The highest BCUT2D eigenvalue weighted by Crippen LogP contribution is 2.36. The summed E-state index contributed by atoms with van der Waals surface area (Å²) in [4.78, 5) is 12.2. The second kappa shape index (κ2) is 9.36. The zero-order valence-corrected chi connectivity index (χ0v) is 16.1. The zero-order valence-electron chi connectivity index (χ0n) is 14.6. The average molecular weight is 396 g/mol. The SMILES string of the molecule is CCOc1cc(/C=C/C(=O)Nc2cc(Cl)ccc2OC)cc(Cl)c1OC. The summed E-state index contributed by atoms with van der Waals surface area (Å²) in [6.45, 7) is 2.33. The van der Waals surface area contributed by atoms with Crippen LogP contribution in [-0.4, -0.2) is 26.7 Å². The molecule has 0 saturated heterocycles. The van der Waals surface area contributed by atoms with E-state index in [4.69, 9.17) is 37.4 Å². The van der Waals surface area contributed by atoms with Crippen LogP contribution in [0.2, 0.25) is 10.0 Å². The van der Waals surface area contributed by atoms with Crippen LogP contribution in [0.3, 0.4) is 0 Å². The molecular weight excluding hydrogens is 377 g/mol. The van der Waals surface area contributed by atoms with Crippen molar-refractivity contribution >= 4 is 40.9 Å². The second-order valence-electron chi connectivity index (χ2n) is 5.13. The predicted molar refractivity (Wildman–Crippen MR) is 105 cm³/mol. The number of halogens is 2. The molecule has 0 radical (unpaired) electrons. The molecular formula is C19H19Cl2NO4. The number of carbonyl (C=O) groups is 1. The lowest BCUT2D eigenvalue weighted by molar-refractivity contribution is -0.111. The number of ether oxygens (including phenoxy) is 3. The van der Waals surface area contributed by atoms with E-state index in [1.807, 2.05) is 6.92 Å². The van der Waals surface area contributed by atoms with Crippen molar-refractivity contribution in [2.75, 3.05) is 26.1 Å². The number of benzene rings is 2. The van der Waals surface area contributed by atoms with E-state index in [1.165, 1.54) is 20.3 Å². The molecule has 0 aliphatic heterocycles. The molecule has 0 fully saturated rings. The molecule has 2 aromatic carbocycles. The van der Waals surface area contributed by atoms with Crippen molar-refractivity contribution in [2.45, 2.75) is 6.92 Å². The van der Waals surface area contributed by atoms with Gasteiger partial charge in [0.25, 0.3) is 0 Å². The van der Waals surface area contributed by atoms with Gasteiger partial charge in [0.15, 0.2) is 11.5 Å². The van der Waals surface area contributed by atoms with Crippen molar-refractivity contribution in [1.29, 1.82) is 0 Å². The van der Waals surface area contributed by atoms with Crippen LogP contribution in [0.25, 0.3) is 6.08 Å². The van der Waals surface area contributed by atoms with Crippen molar-refractivity contribution in [1.82, 2.24) is 0 Å². The number of carbonyl (C=O) groups excluding carboxylic acids is 1. The van der Waals surface area contributed by atoms with Gasteiger partial charge in [-0.3, -0.25) is 4.79 Å². The highest BCUT2D eigenvalue weighted by Gasteiger charge is 2.11. The number of rotatable bonds is 7. The van der Waals surface area contributed by atoms with Gasteiger partial charge < -0.3 is 19.5 Å². The fourth-order valence-corrected chi connectivity index (χ4v) is 2.74. The van der Waals surface area contributed by atoms with Gasteiger partial charge in [-0.1, -0.05) is 23.2 Å². The quantitative estimate of drug-likeness (QED) is 0.665. The lowest BCUT2D eigenvalue weighted by atomic mass is 10.2. The summed E-state index contributed by atoms with van der Waals surface area (Å²) in [6, 6.07) is 8.41. The summed E-state index contributed by atoms with van der Waals surface area (Å²) in [5, 5.41) is 3.62. The third kappa shape index (κ3) is 5.07. The van der Waals surface area contributed by atoms with E-state index in [1.54, 1.807) is 36.4 Å². The number of hydrogen-bond acceptors (Lipinski definition) is 4. The monoisotopic (exact) mass is 395 g/mol. The number of amides is 1. The van der Waals surface area contributed by atoms with Gasteiger partial charge in [-0.2, -0.15) is 0 Å². The molecule has 7 heteroatoms. The Hall–Kier alpha value is -2.37. The Labute approximate surface area is 162 Å². The van der Waals surface area contributed by atoms with Gasteiger partial charge in [0, 0.05) is 11.1 Å². The molecule has 2 rings (SSSR count). The molecule has 5 nitrogen and oxygen atoms in total. The van der Waals surface area contributed by atoms with Crippen LogP contribution in [-0.2, 0) is 4.79 Å². The highest BCUT2D eigenvalue weighted by molar-refractivity contribution is 6.32. The first-order valence-corrected chi connectivity index (χ1v) is 8.57. The third-order valence-electron chi connectivity index (χ3n) is 3.38. The van der Waals surface area contributed by atoms with E-state index in [-0.39, 0.29) is 5.91 Å². The second-order valence-corrected chi connectivity index (χ2v) is 5.98. The molecule has 0 atom stereocenters. The molecule has 0 unspecified atom stereocenters. The molecule has 0 heterocycles. The smallest absolute Gasteiger partial charge is 0.248 e. The van der Waals surface area contributed by atoms with Crippen LogP contribution < -0.4 is 19.5 Å². The third-order valence-corrected chi connectivity index (χ3v) is 3.90. The minimum atomic E-state index is -0.338. The Bertz CT molecular complexity index is 821. The van der Waals surface area contributed by atoms with Gasteiger partial charge >= 0.3 is 0 Å². The van der Waals surface area contributed by atoms with Crippen LogP contribution >= 0.6 is 23.2 Å². The topological polar surface area (TPSA) is 56.8 Å². The Morgan fingerprint density at radius 2 is 1.88 bits per heavy atom. The van der Waals surface area contributed by atoms with Gasteiger partial charge in [0.1, 0.15) is 5.75 Å². The molecule has 0 saturated carbocycles. The highest BCUT2D eigenvalue weighted by atomic mass is 35.5. The summed E-state index contributed by atoms with van der Waals surface area (Å²) < 4.78 is 16.0. The molecule has 0 aliphatic carbocycles. The van der Waals surface area contributed by atoms with E-state index < -0.39 is 0 Å². The number of nitrogens with one attached hydrogen (secondary N) is 1. The summed E-state index contributed by atoms with van der Waals surface area (Å²) in [6.07, 6.45) is 3.01. The van der Waals surface area contributed by atoms with Crippen LogP contribution in [0.15, 0.2) is 36.4 Å². The summed E-state index contributed by atoms with van der Waals surface area (Å²) in [7, 11) is 3.04. The largest absolute Gasteiger partial charge is 0.495 e. The van der Waals surface area contributed by atoms with Gasteiger partial charge in [-0.15, -0.1) is 0 Å². The summed E-state index contributed by atoms with van der Waals surface area (Å²) in [5.74, 6) is 1.15. The lowest BCUT2D eigenvalue weighted by Gasteiger charge is -2.12. The first kappa shape index (κ1) is 19.9. The van der Waals surface area contributed by atoms with Crippen molar-refractivity contribution in [3.8, 4) is 17.2 Å². The van der Waals surface area contributed by atoms with Gasteiger partial charge in [-0.05, 0) is 48.9 Å².